The molecule has 4 heteroatoms. The maximum absolute atomic E-state index is 13.3. The molecule has 3 aliphatic rings. The van der Waals surface area contributed by atoms with E-state index in [4.69, 9.17) is 9.47 Å². The van der Waals surface area contributed by atoms with E-state index in [1.165, 1.54) is 6.42 Å². The number of carbonyl (C=O) groups excluding carboxylic acids is 1. The van der Waals surface area contributed by atoms with Gasteiger partial charge in [0.05, 0.1) is 12.5 Å². The van der Waals surface area contributed by atoms with Crippen LogP contribution < -0.4 is 10.1 Å². The first-order chi connectivity index (χ1) is 12.2. The molecule has 1 spiro atoms. The van der Waals surface area contributed by atoms with Gasteiger partial charge in [-0.3, -0.25) is 4.79 Å². The molecule has 1 aliphatic heterocycles. The average molecular weight is 343 g/mol. The minimum atomic E-state index is -0.391. The summed E-state index contributed by atoms with van der Waals surface area (Å²) in [6, 6.07) is 8.33. The molecular formula is C21H29NO3. The Bertz CT molecular complexity index is 632. The van der Waals surface area contributed by atoms with Crippen molar-refractivity contribution < 1.29 is 14.3 Å². The molecule has 1 saturated heterocycles. The van der Waals surface area contributed by atoms with E-state index in [1.807, 2.05) is 18.2 Å². The van der Waals surface area contributed by atoms with E-state index in [0.29, 0.717) is 11.5 Å². The molecule has 1 heterocycles. The van der Waals surface area contributed by atoms with Crippen molar-refractivity contribution in [2.75, 3.05) is 20.3 Å². The minimum Gasteiger partial charge on any atom is -0.496 e. The molecule has 1 unspecified atom stereocenters. The molecule has 4 nitrogen and oxygen atoms in total. The van der Waals surface area contributed by atoms with Crippen LogP contribution in [0.25, 0.3) is 0 Å². The second-order valence-electron chi connectivity index (χ2n) is 8.16. The van der Waals surface area contributed by atoms with Gasteiger partial charge in [0.15, 0.2) is 0 Å². The summed E-state index contributed by atoms with van der Waals surface area (Å²) in [6.07, 6.45) is 8.70. The highest BCUT2D eigenvalue weighted by atomic mass is 16.5. The molecule has 2 aliphatic carbocycles. The van der Waals surface area contributed by atoms with Gasteiger partial charge in [0.2, 0.25) is 5.91 Å². The molecule has 4 rings (SSSR count). The number of para-hydroxylation sites is 1. The van der Waals surface area contributed by atoms with Crippen LogP contribution in [-0.2, 0) is 14.9 Å². The van der Waals surface area contributed by atoms with E-state index in [1.54, 1.807) is 7.11 Å². The molecule has 1 N–H and O–H groups in total. The number of nitrogens with one attached hydrogen (secondary N) is 1. The number of hydrogen-bond donors (Lipinski definition) is 1. The number of amides is 1. The normalized spacial score (nSPS) is 26.8. The lowest BCUT2D eigenvalue weighted by Gasteiger charge is -2.42. The third-order valence-corrected chi connectivity index (χ3v) is 6.86. The molecule has 1 amide bonds. The van der Waals surface area contributed by atoms with Crippen molar-refractivity contribution in [2.24, 2.45) is 5.41 Å². The SMILES string of the molecule is COc1ccccc1C1(C(=O)NC2CCC3(CCOCC3)C2)CCC1. The summed E-state index contributed by atoms with van der Waals surface area (Å²) in [5.74, 6) is 1.04. The minimum absolute atomic E-state index is 0.206. The Morgan fingerprint density at radius 3 is 2.60 bits per heavy atom. The van der Waals surface area contributed by atoms with Crippen molar-refractivity contribution in [1.82, 2.24) is 5.32 Å². The summed E-state index contributed by atoms with van der Waals surface area (Å²) in [5.41, 5.74) is 1.07. The van der Waals surface area contributed by atoms with Crippen LogP contribution in [0.5, 0.6) is 5.75 Å². The Labute approximate surface area is 150 Å². The summed E-state index contributed by atoms with van der Waals surface area (Å²) >= 11 is 0. The average Bonchev–Trinajstić information content (AvgIpc) is 2.97. The largest absolute Gasteiger partial charge is 0.496 e. The zero-order chi connectivity index (χ0) is 17.3. The van der Waals surface area contributed by atoms with Crippen molar-refractivity contribution >= 4 is 5.91 Å². The summed E-state index contributed by atoms with van der Waals surface area (Å²) in [4.78, 5) is 13.3. The Kier molecular flexibility index (Phi) is 4.48. The summed E-state index contributed by atoms with van der Waals surface area (Å²) in [7, 11) is 1.69. The first-order valence-electron chi connectivity index (χ1n) is 9.70. The van der Waals surface area contributed by atoms with Gasteiger partial charge in [-0.25, -0.2) is 0 Å². The first kappa shape index (κ1) is 16.9. The van der Waals surface area contributed by atoms with Crippen molar-refractivity contribution in [3.63, 3.8) is 0 Å². The van der Waals surface area contributed by atoms with E-state index in [2.05, 4.69) is 11.4 Å². The topological polar surface area (TPSA) is 47.6 Å². The van der Waals surface area contributed by atoms with E-state index >= 15 is 0 Å². The molecule has 25 heavy (non-hydrogen) atoms. The third-order valence-electron chi connectivity index (χ3n) is 6.86. The molecule has 136 valence electrons. The van der Waals surface area contributed by atoms with Crippen LogP contribution >= 0.6 is 0 Å². The Morgan fingerprint density at radius 2 is 1.92 bits per heavy atom. The van der Waals surface area contributed by atoms with Gasteiger partial charge in [0.1, 0.15) is 5.75 Å². The fraction of sp³-hybridized carbons (Fsp3) is 0.667. The highest BCUT2D eigenvalue weighted by molar-refractivity contribution is 5.90. The highest BCUT2D eigenvalue weighted by Gasteiger charge is 2.49. The maximum Gasteiger partial charge on any atom is 0.231 e. The van der Waals surface area contributed by atoms with Gasteiger partial charge in [-0.15, -0.1) is 0 Å². The predicted octanol–water partition coefficient (Wildman–Crippen LogP) is 3.58. The van der Waals surface area contributed by atoms with E-state index in [0.717, 1.165) is 69.5 Å². The zero-order valence-electron chi connectivity index (χ0n) is 15.2. The fourth-order valence-electron chi connectivity index (χ4n) is 5.10. The number of carbonyl (C=O) groups is 1. The maximum atomic E-state index is 13.3. The van der Waals surface area contributed by atoms with E-state index in [-0.39, 0.29) is 5.91 Å². The molecule has 0 aromatic heterocycles. The van der Waals surface area contributed by atoms with Crippen molar-refractivity contribution in [1.29, 1.82) is 0 Å². The molecule has 0 radical (unpaired) electrons. The monoisotopic (exact) mass is 343 g/mol. The van der Waals surface area contributed by atoms with Crippen LogP contribution in [0, 0.1) is 5.41 Å². The van der Waals surface area contributed by atoms with Crippen LogP contribution in [0.4, 0.5) is 0 Å². The molecule has 1 aromatic carbocycles. The Balaban J connectivity index is 1.48. The van der Waals surface area contributed by atoms with Crippen molar-refractivity contribution in [3.05, 3.63) is 29.8 Å². The molecule has 1 atom stereocenters. The Morgan fingerprint density at radius 1 is 1.16 bits per heavy atom. The summed E-state index contributed by atoms with van der Waals surface area (Å²) in [5, 5.41) is 3.41. The second-order valence-corrected chi connectivity index (χ2v) is 8.16. The van der Waals surface area contributed by atoms with Crippen LogP contribution in [-0.4, -0.2) is 32.3 Å². The van der Waals surface area contributed by atoms with Gasteiger partial charge in [0.25, 0.3) is 0 Å². The molecular weight excluding hydrogens is 314 g/mol. The van der Waals surface area contributed by atoms with Gasteiger partial charge < -0.3 is 14.8 Å². The van der Waals surface area contributed by atoms with Gasteiger partial charge in [0, 0.05) is 24.8 Å². The van der Waals surface area contributed by atoms with Crippen LogP contribution in [0.1, 0.15) is 56.9 Å². The molecule has 3 fully saturated rings. The van der Waals surface area contributed by atoms with Gasteiger partial charge >= 0.3 is 0 Å². The predicted molar refractivity (Wildman–Crippen MR) is 96.8 cm³/mol. The number of rotatable bonds is 4. The van der Waals surface area contributed by atoms with Crippen LogP contribution in [0.2, 0.25) is 0 Å². The summed E-state index contributed by atoms with van der Waals surface area (Å²) in [6.45, 7) is 1.76. The number of hydrogen-bond acceptors (Lipinski definition) is 3. The van der Waals surface area contributed by atoms with Crippen molar-refractivity contribution in [3.8, 4) is 5.75 Å². The fourth-order valence-corrected chi connectivity index (χ4v) is 5.10. The standard InChI is InChI=1S/C21H29NO3/c1-24-18-6-3-2-5-17(18)21(8-4-9-21)19(23)22-16-7-10-20(15-16)11-13-25-14-12-20/h2-3,5-6,16H,4,7-15H2,1H3,(H,22,23). The molecule has 0 bridgehead atoms. The third kappa shape index (κ3) is 2.95. The van der Waals surface area contributed by atoms with Gasteiger partial charge in [-0.2, -0.15) is 0 Å². The van der Waals surface area contributed by atoms with Crippen LogP contribution in [0.3, 0.4) is 0 Å². The number of methoxy groups -OCH3 is 1. The number of ether oxygens (including phenoxy) is 2. The van der Waals surface area contributed by atoms with Crippen molar-refractivity contribution in [2.45, 2.75) is 62.8 Å². The molecule has 2 saturated carbocycles. The lowest BCUT2D eigenvalue weighted by atomic mass is 9.63. The van der Waals surface area contributed by atoms with Gasteiger partial charge in [-0.05, 0) is 56.4 Å². The first-order valence-corrected chi connectivity index (χ1v) is 9.70. The lowest BCUT2D eigenvalue weighted by molar-refractivity contribution is -0.130. The van der Waals surface area contributed by atoms with Gasteiger partial charge in [-0.1, -0.05) is 24.6 Å². The van der Waals surface area contributed by atoms with E-state index < -0.39 is 5.41 Å². The highest BCUT2D eigenvalue weighted by Crippen LogP contribution is 2.49. The summed E-state index contributed by atoms with van der Waals surface area (Å²) < 4.78 is 11.1. The molecule has 1 aromatic rings. The van der Waals surface area contributed by atoms with Crippen LogP contribution in [0.15, 0.2) is 24.3 Å². The van der Waals surface area contributed by atoms with E-state index in [9.17, 15) is 4.79 Å². The smallest absolute Gasteiger partial charge is 0.231 e. The number of benzene rings is 1. The zero-order valence-corrected chi connectivity index (χ0v) is 15.2. The lowest BCUT2D eigenvalue weighted by Crippen LogP contribution is -2.52. The second kappa shape index (κ2) is 6.64. The Hall–Kier alpha value is -1.55. The quantitative estimate of drug-likeness (QED) is 0.909.